The third kappa shape index (κ3) is 3.01. The van der Waals surface area contributed by atoms with E-state index in [1.807, 2.05) is 6.07 Å². The lowest BCUT2D eigenvalue weighted by Gasteiger charge is -2.27. The van der Waals surface area contributed by atoms with E-state index in [1.165, 1.54) is 6.07 Å². The molecule has 16 heavy (non-hydrogen) atoms. The van der Waals surface area contributed by atoms with Crippen molar-refractivity contribution in [1.82, 2.24) is 0 Å². The molecule has 0 fully saturated rings. The number of benzene rings is 1. The molecule has 0 amide bonds. The van der Waals surface area contributed by atoms with Gasteiger partial charge in [0.25, 0.3) is 0 Å². The van der Waals surface area contributed by atoms with E-state index in [2.05, 4.69) is 35.6 Å². The fourth-order valence-electron chi connectivity index (χ4n) is 2.04. The second-order valence-corrected chi connectivity index (χ2v) is 11.2. The van der Waals surface area contributed by atoms with Crippen LogP contribution in [0.3, 0.4) is 0 Å². The van der Waals surface area contributed by atoms with Gasteiger partial charge in [-0.3, -0.25) is 4.79 Å². The highest BCUT2D eigenvalue weighted by Crippen LogP contribution is 2.30. The highest BCUT2D eigenvalue weighted by molar-refractivity contribution is 9.10. The molecule has 0 N–H and O–H groups in total. The second-order valence-electron chi connectivity index (χ2n) is 5.08. The SMILES string of the molecule is CC(=O)C(c1ccc(Br)c(F)c1)[Si](C)(C)C. The highest BCUT2D eigenvalue weighted by atomic mass is 79.9. The van der Waals surface area contributed by atoms with Crippen LogP contribution in [0.1, 0.15) is 18.0 Å². The number of carbonyl (C=O) groups excluding carboxylic acids is 1. The molecule has 88 valence electrons. The number of rotatable bonds is 3. The number of Topliss-reactive ketones (excluding diaryl/α,β-unsaturated/α-hetero) is 1. The van der Waals surface area contributed by atoms with Crippen molar-refractivity contribution in [3.63, 3.8) is 0 Å². The largest absolute Gasteiger partial charge is 0.300 e. The summed E-state index contributed by atoms with van der Waals surface area (Å²) in [6.07, 6.45) is 0. The van der Waals surface area contributed by atoms with Crippen LogP contribution in [0.5, 0.6) is 0 Å². The predicted molar refractivity (Wildman–Crippen MR) is 70.9 cm³/mol. The van der Waals surface area contributed by atoms with Crippen molar-refractivity contribution < 1.29 is 9.18 Å². The number of halogens is 2. The van der Waals surface area contributed by atoms with Crippen LogP contribution in [0.15, 0.2) is 22.7 Å². The molecule has 1 aromatic carbocycles. The summed E-state index contributed by atoms with van der Waals surface area (Å²) in [7, 11) is -1.66. The number of ketones is 1. The van der Waals surface area contributed by atoms with Gasteiger partial charge in [-0.05, 0) is 40.5 Å². The van der Waals surface area contributed by atoms with Gasteiger partial charge in [0.05, 0.1) is 12.5 Å². The molecule has 0 heterocycles. The van der Waals surface area contributed by atoms with Crippen molar-refractivity contribution in [2.75, 3.05) is 0 Å². The minimum atomic E-state index is -1.66. The molecule has 1 unspecified atom stereocenters. The van der Waals surface area contributed by atoms with Gasteiger partial charge in [0, 0.05) is 5.54 Å². The third-order valence-corrected chi connectivity index (χ3v) is 5.66. The van der Waals surface area contributed by atoms with Gasteiger partial charge in [-0.25, -0.2) is 4.39 Å². The quantitative estimate of drug-likeness (QED) is 0.767. The lowest BCUT2D eigenvalue weighted by atomic mass is 10.1. The third-order valence-electron chi connectivity index (χ3n) is 2.55. The molecular formula is C12H16BrFOSi. The predicted octanol–water partition coefficient (Wildman–Crippen LogP) is 4.14. The van der Waals surface area contributed by atoms with E-state index in [4.69, 9.17) is 0 Å². The number of hydrogen-bond donors (Lipinski definition) is 0. The monoisotopic (exact) mass is 302 g/mol. The van der Waals surface area contributed by atoms with Crippen LogP contribution in [0.2, 0.25) is 19.6 Å². The van der Waals surface area contributed by atoms with Crippen LogP contribution in [-0.4, -0.2) is 13.9 Å². The van der Waals surface area contributed by atoms with Gasteiger partial charge in [-0.2, -0.15) is 0 Å². The standard InChI is InChI=1S/C12H16BrFOSi/c1-8(15)12(16(2,3)4)9-5-6-10(13)11(14)7-9/h5-7,12H,1-4H3. The lowest BCUT2D eigenvalue weighted by Crippen LogP contribution is -2.35. The fraction of sp³-hybridized carbons (Fsp3) is 0.417. The van der Waals surface area contributed by atoms with Gasteiger partial charge >= 0.3 is 0 Å². The van der Waals surface area contributed by atoms with Crippen molar-refractivity contribution in [3.05, 3.63) is 34.1 Å². The van der Waals surface area contributed by atoms with Crippen molar-refractivity contribution >= 4 is 29.8 Å². The summed E-state index contributed by atoms with van der Waals surface area (Å²) >= 11 is 3.12. The first kappa shape index (κ1) is 13.6. The Balaban J connectivity index is 3.22. The van der Waals surface area contributed by atoms with E-state index < -0.39 is 8.07 Å². The molecule has 0 spiro atoms. The van der Waals surface area contributed by atoms with E-state index in [9.17, 15) is 9.18 Å². The smallest absolute Gasteiger partial charge is 0.137 e. The van der Waals surface area contributed by atoms with E-state index in [0.717, 1.165) is 5.56 Å². The second kappa shape index (κ2) is 4.80. The summed E-state index contributed by atoms with van der Waals surface area (Å²) in [5, 5.41) is 0. The van der Waals surface area contributed by atoms with E-state index in [0.29, 0.717) is 4.47 Å². The van der Waals surface area contributed by atoms with E-state index in [1.54, 1.807) is 13.0 Å². The molecule has 0 bridgehead atoms. The molecular weight excluding hydrogens is 287 g/mol. The lowest BCUT2D eigenvalue weighted by molar-refractivity contribution is -0.116. The Bertz CT molecular complexity index is 412. The summed E-state index contributed by atoms with van der Waals surface area (Å²) in [5.41, 5.74) is 0.669. The normalized spacial score (nSPS) is 13.6. The maximum Gasteiger partial charge on any atom is 0.137 e. The molecule has 0 aliphatic rings. The zero-order chi connectivity index (χ0) is 12.5. The molecule has 0 aliphatic heterocycles. The molecule has 1 aromatic rings. The zero-order valence-electron chi connectivity index (χ0n) is 9.97. The van der Waals surface area contributed by atoms with Crippen LogP contribution in [0.25, 0.3) is 0 Å². The van der Waals surface area contributed by atoms with E-state index in [-0.39, 0.29) is 17.1 Å². The van der Waals surface area contributed by atoms with Gasteiger partial charge < -0.3 is 0 Å². The first-order valence-electron chi connectivity index (χ1n) is 5.19. The Labute approximate surface area is 105 Å². The summed E-state index contributed by atoms with van der Waals surface area (Å²) in [5.74, 6) is -0.178. The molecule has 4 heteroatoms. The molecule has 1 nitrogen and oxygen atoms in total. The van der Waals surface area contributed by atoms with Crippen LogP contribution >= 0.6 is 15.9 Å². The first-order chi connectivity index (χ1) is 7.23. The minimum absolute atomic E-state index is 0.126. The van der Waals surface area contributed by atoms with Gasteiger partial charge in [0.1, 0.15) is 11.6 Å². The van der Waals surface area contributed by atoms with Crippen LogP contribution in [-0.2, 0) is 4.79 Å². The number of hydrogen-bond acceptors (Lipinski definition) is 1. The zero-order valence-corrected chi connectivity index (χ0v) is 12.6. The minimum Gasteiger partial charge on any atom is -0.300 e. The van der Waals surface area contributed by atoms with Gasteiger partial charge in [0.2, 0.25) is 0 Å². The summed E-state index contributed by atoms with van der Waals surface area (Å²) in [6.45, 7) is 7.96. The van der Waals surface area contributed by atoms with Crippen LogP contribution < -0.4 is 0 Å². The Hall–Kier alpha value is -0.483. The summed E-state index contributed by atoms with van der Waals surface area (Å²) in [4.78, 5) is 11.7. The Kier molecular flexibility index (Phi) is 4.07. The highest BCUT2D eigenvalue weighted by Gasteiger charge is 2.32. The van der Waals surface area contributed by atoms with Crippen molar-refractivity contribution in [1.29, 1.82) is 0 Å². The fourth-order valence-corrected chi connectivity index (χ4v) is 4.68. The molecule has 1 atom stereocenters. The van der Waals surface area contributed by atoms with Crippen molar-refractivity contribution in [3.8, 4) is 0 Å². The topological polar surface area (TPSA) is 17.1 Å². The Morgan fingerprint density at radius 1 is 1.38 bits per heavy atom. The maximum absolute atomic E-state index is 13.4. The molecule has 0 saturated carbocycles. The summed E-state index contributed by atoms with van der Waals surface area (Å²) < 4.78 is 13.9. The Morgan fingerprint density at radius 2 is 1.94 bits per heavy atom. The maximum atomic E-state index is 13.4. The number of carbonyl (C=O) groups is 1. The average Bonchev–Trinajstić information content (AvgIpc) is 2.08. The van der Waals surface area contributed by atoms with E-state index >= 15 is 0 Å². The summed E-state index contributed by atoms with van der Waals surface area (Å²) in [6, 6.07) is 4.96. The van der Waals surface area contributed by atoms with Crippen molar-refractivity contribution in [2.24, 2.45) is 0 Å². The van der Waals surface area contributed by atoms with Gasteiger partial charge in [0.15, 0.2) is 0 Å². The first-order valence-corrected chi connectivity index (χ1v) is 9.56. The van der Waals surface area contributed by atoms with Crippen LogP contribution in [0, 0.1) is 5.82 Å². The van der Waals surface area contributed by atoms with Crippen LogP contribution in [0.4, 0.5) is 4.39 Å². The van der Waals surface area contributed by atoms with Gasteiger partial charge in [-0.15, -0.1) is 0 Å². The molecule has 0 radical (unpaired) electrons. The average molecular weight is 303 g/mol. The molecule has 0 aliphatic carbocycles. The Morgan fingerprint density at radius 3 is 2.31 bits per heavy atom. The molecule has 0 saturated heterocycles. The molecule has 1 rings (SSSR count). The van der Waals surface area contributed by atoms with Gasteiger partial charge in [-0.1, -0.05) is 25.7 Å². The molecule has 0 aromatic heterocycles. The van der Waals surface area contributed by atoms with Crippen molar-refractivity contribution in [2.45, 2.75) is 32.1 Å².